The van der Waals surface area contributed by atoms with Crippen LogP contribution in [0.25, 0.3) is 11.3 Å². The first-order chi connectivity index (χ1) is 19.0. The van der Waals surface area contributed by atoms with E-state index < -0.39 is 5.97 Å². The number of hydrogen-bond acceptors (Lipinski definition) is 6. The average molecular weight is 520 g/mol. The van der Waals surface area contributed by atoms with Crippen molar-refractivity contribution in [3.05, 3.63) is 107 Å². The van der Waals surface area contributed by atoms with Crippen LogP contribution in [0.5, 0.6) is 0 Å². The molecule has 2 amide bonds. The lowest BCUT2D eigenvalue weighted by Crippen LogP contribution is -2.32. The Labute approximate surface area is 224 Å². The Morgan fingerprint density at radius 3 is 2.64 bits per heavy atom. The number of fused-ring (bicyclic) bond motifs is 2. The van der Waals surface area contributed by atoms with Crippen LogP contribution in [0.2, 0.25) is 0 Å². The van der Waals surface area contributed by atoms with Crippen LogP contribution in [0.15, 0.2) is 85.2 Å². The normalized spacial score (nSPS) is 14.9. The predicted molar refractivity (Wildman–Crippen MR) is 148 cm³/mol. The zero-order valence-electron chi connectivity index (χ0n) is 21.2. The lowest BCUT2D eigenvalue weighted by atomic mass is 9.99. The molecule has 39 heavy (non-hydrogen) atoms. The highest BCUT2D eigenvalue weighted by Crippen LogP contribution is 2.39. The van der Waals surface area contributed by atoms with Gasteiger partial charge < -0.3 is 20.3 Å². The van der Waals surface area contributed by atoms with Gasteiger partial charge in [-0.2, -0.15) is 5.10 Å². The third-order valence-electron chi connectivity index (χ3n) is 6.90. The van der Waals surface area contributed by atoms with E-state index in [1.165, 1.54) is 7.11 Å². The first-order valence-corrected chi connectivity index (χ1v) is 12.5. The number of carbonyl (C=O) groups is 3. The van der Waals surface area contributed by atoms with Crippen LogP contribution >= 0.6 is 0 Å². The standard InChI is InChI=1S/C30H25N5O4/c1-39-30(38)21-8-10-23-24(17-21)33-29(37)27(23)28(19-6-3-2-4-7-19)32-22-9-11-25-20(16-22)12-15-35(25)26(36)18-34-14-5-13-31-34/h2-11,13-14,16-17,32H,12,15,18H2,1H3,(H,33,37)/b28-27-. The maximum Gasteiger partial charge on any atom is 0.337 e. The second-order valence-corrected chi connectivity index (χ2v) is 9.29. The van der Waals surface area contributed by atoms with Crippen LogP contribution in [0.3, 0.4) is 0 Å². The summed E-state index contributed by atoms with van der Waals surface area (Å²) in [5.74, 6) is -0.757. The van der Waals surface area contributed by atoms with Crippen LogP contribution in [0.4, 0.5) is 17.1 Å². The number of rotatable bonds is 6. The van der Waals surface area contributed by atoms with E-state index in [9.17, 15) is 14.4 Å². The summed E-state index contributed by atoms with van der Waals surface area (Å²) in [5.41, 5.74) is 6.28. The molecule has 4 aromatic rings. The van der Waals surface area contributed by atoms with Crippen molar-refractivity contribution >= 4 is 46.1 Å². The molecule has 0 fully saturated rings. The third kappa shape index (κ3) is 4.54. The van der Waals surface area contributed by atoms with Gasteiger partial charge >= 0.3 is 5.97 Å². The van der Waals surface area contributed by atoms with Gasteiger partial charge in [-0.05, 0) is 53.9 Å². The Kier molecular flexibility index (Phi) is 6.16. The molecule has 9 heteroatoms. The summed E-state index contributed by atoms with van der Waals surface area (Å²) in [5, 5.41) is 10.5. The molecule has 1 aromatic heterocycles. The number of hydrogen-bond donors (Lipinski definition) is 2. The van der Waals surface area contributed by atoms with Gasteiger partial charge in [-0.3, -0.25) is 14.3 Å². The number of nitrogens with one attached hydrogen (secondary N) is 2. The first kappa shape index (κ1) is 24.2. The van der Waals surface area contributed by atoms with Crippen LogP contribution in [0.1, 0.15) is 27.0 Å². The summed E-state index contributed by atoms with van der Waals surface area (Å²) >= 11 is 0. The number of benzene rings is 3. The van der Waals surface area contributed by atoms with Crippen LogP contribution in [0, 0.1) is 0 Å². The van der Waals surface area contributed by atoms with E-state index in [1.54, 1.807) is 46.2 Å². The minimum Gasteiger partial charge on any atom is -0.465 e. The molecule has 0 radical (unpaired) electrons. The molecule has 194 valence electrons. The third-order valence-corrected chi connectivity index (χ3v) is 6.90. The van der Waals surface area contributed by atoms with Gasteiger partial charge in [0.25, 0.3) is 5.91 Å². The van der Waals surface area contributed by atoms with E-state index in [-0.39, 0.29) is 18.4 Å². The van der Waals surface area contributed by atoms with Crippen molar-refractivity contribution in [3.63, 3.8) is 0 Å². The smallest absolute Gasteiger partial charge is 0.337 e. The van der Waals surface area contributed by atoms with E-state index >= 15 is 0 Å². The van der Waals surface area contributed by atoms with Gasteiger partial charge in [0.15, 0.2) is 0 Å². The molecular formula is C30H25N5O4. The molecule has 3 heterocycles. The zero-order chi connectivity index (χ0) is 26.9. The highest BCUT2D eigenvalue weighted by atomic mass is 16.5. The minimum atomic E-state index is -0.471. The SMILES string of the molecule is COC(=O)c1ccc2c(c1)NC(=O)/C2=C(\Nc1ccc2c(c1)CCN2C(=O)Cn1cccn1)c1ccccc1. The van der Waals surface area contributed by atoms with Gasteiger partial charge in [-0.1, -0.05) is 36.4 Å². The molecule has 6 rings (SSSR count). The summed E-state index contributed by atoms with van der Waals surface area (Å²) < 4.78 is 6.44. The van der Waals surface area contributed by atoms with Gasteiger partial charge in [0.1, 0.15) is 6.54 Å². The predicted octanol–water partition coefficient (Wildman–Crippen LogP) is 4.19. The maximum absolute atomic E-state index is 13.2. The van der Waals surface area contributed by atoms with Crippen molar-refractivity contribution in [2.75, 3.05) is 29.2 Å². The Balaban J connectivity index is 1.35. The highest BCUT2D eigenvalue weighted by molar-refractivity contribution is 6.37. The number of anilines is 3. The largest absolute Gasteiger partial charge is 0.465 e. The van der Waals surface area contributed by atoms with Crippen molar-refractivity contribution in [3.8, 4) is 0 Å². The molecule has 0 aliphatic carbocycles. The molecule has 0 bridgehead atoms. The molecule has 0 saturated heterocycles. The molecule has 2 aliphatic rings. The zero-order valence-corrected chi connectivity index (χ0v) is 21.2. The number of nitrogens with zero attached hydrogens (tertiary/aromatic N) is 3. The summed E-state index contributed by atoms with van der Waals surface area (Å²) in [6.07, 6.45) is 4.16. The molecule has 3 aromatic carbocycles. The fraction of sp³-hybridized carbons (Fsp3) is 0.133. The summed E-state index contributed by atoms with van der Waals surface area (Å²) in [7, 11) is 1.32. The van der Waals surface area contributed by atoms with E-state index in [0.29, 0.717) is 34.6 Å². The van der Waals surface area contributed by atoms with Crippen molar-refractivity contribution < 1.29 is 19.1 Å². The van der Waals surface area contributed by atoms with Gasteiger partial charge in [0.2, 0.25) is 5.91 Å². The molecule has 0 unspecified atom stereocenters. The Hall–Kier alpha value is -5.18. The van der Waals surface area contributed by atoms with Crippen molar-refractivity contribution in [2.45, 2.75) is 13.0 Å². The lowest BCUT2D eigenvalue weighted by Gasteiger charge is -2.19. The number of esters is 1. The molecule has 0 spiro atoms. The van der Waals surface area contributed by atoms with Crippen molar-refractivity contribution in [1.82, 2.24) is 9.78 Å². The molecule has 0 atom stereocenters. The summed E-state index contributed by atoms with van der Waals surface area (Å²) in [6.45, 7) is 0.784. The second kappa shape index (κ2) is 9.94. The van der Waals surface area contributed by atoms with Crippen LogP contribution < -0.4 is 15.5 Å². The lowest BCUT2D eigenvalue weighted by molar-refractivity contribution is -0.119. The Bertz CT molecular complexity index is 1630. The summed E-state index contributed by atoms with van der Waals surface area (Å²) in [6, 6.07) is 22.3. The quantitative estimate of drug-likeness (QED) is 0.292. The van der Waals surface area contributed by atoms with Gasteiger partial charge in [-0.15, -0.1) is 0 Å². The van der Waals surface area contributed by atoms with E-state index in [1.807, 2.05) is 48.5 Å². The number of aromatic nitrogens is 2. The average Bonchev–Trinajstić information content (AvgIpc) is 3.69. The van der Waals surface area contributed by atoms with Gasteiger partial charge in [0, 0.05) is 35.9 Å². The number of amides is 2. The van der Waals surface area contributed by atoms with Crippen molar-refractivity contribution in [1.29, 1.82) is 0 Å². The monoisotopic (exact) mass is 519 g/mol. The molecular weight excluding hydrogens is 494 g/mol. The number of ether oxygens (including phenoxy) is 1. The molecule has 9 nitrogen and oxygen atoms in total. The van der Waals surface area contributed by atoms with Gasteiger partial charge in [-0.25, -0.2) is 4.79 Å². The van der Waals surface area contributed by atoms with E-state index in [4.69, 9.17) is 4.74 Å². The first-order valence-electron chi connectivity index (χ1n) is 12.5. The summed E-state index contributed by atoms with van der Waals surface area (Å²) in [4.78, 5) is 40.0. The van der Waals surface area contributed by atoms with Crippen LogP contribution in [-0.4, -0.2) is 41.2 Å². The Morgan fingerprint density at radius 2 is 1.87 bits per heavy atom. The number of carbonyl (C=O) groups excluding carboxylic acids is 3. The molecule has 2 N–H and O–H groups in total. The van der Waals surface area contributed by atoms with E-state index in [0.717, 1.165) is 28.9 Å². The van der Waals surface area contributed by atoms with Crippen molar-refractivity contribution in [2.24, 2.45) is 0 Å². The molecule has 2 aliphatic heterocycles. The minimum absolute atomic E-state index is 0.0178. The topological polar surface area (TPSA) is 106 Å². The highest BCUT2D eigenvalue weighted by Gasteiger charge is 2.30. The molecule has 0 saturated carbocycles. The second-order valence-electron chi connectivity index (χ2n) is 9.29. The fourth-order valence-corrected chi connectivity index (χ4v) is 5.05. The van der Waals surface area contributed by atoms with E-state index in [2.05, 4.69) is 15.7 Å². The fourth-order valence-electron chi connectivity index (χ4n) is 5.05. The number of methoxy groups -OCH3 is 1. The maximum atomic E-state index is 13.2. The van der Waals surface area contributed by atoms with Crippen LogP contribution in [-0.2, 0) is 27.3 Å². The Morgan fingerprint density at radius 1 is 1.03 bits per heavy atom. The van der Waals surface area contributed by atoms with Gasteiger partial charge in [0.05, 0.1) is 29.6 Å².